The number of aryl methyl sites for hydroxylation is 1. The highest BCUT2D eigenvalue weighted by molar-refractivity contribution is 5.91. The van der Waals surface area contributed by atoms with E-state index in [0.717, 1.165) is 18.7 Å². The minimum atomic E-state index is -0.781. The summed E-state index contributed by atoms with van der Waals surface area (Å²) in [6, 6.07) is 1.85. The van der Waals surface area contributed by atoms with E-state index in [2.05, 4.69) is 10.4 Å². The van der Waals surface area contributed by atoms with Gasteiger partial charge in [0.2, 0.25) is 5.91 Å². The first-order valence-corrected chi connectivity index (χ1v) is 7.99. The number of carbonyl (C=O) groups is 2. The van der Waals surface area contributed by atoms with Crippen LogP contribution < -0.4 is 5.32 Å². The van der Waals surface area contributed by atoms with Crippen molar-refractivity contribution in [3.63, 3.8) is 0 Å². The molecule has 1 aromatic rings. The van der Waals surface area contributed by atoms with Crippen molar-refractivity contribution in [3.8, 4) is 0 Å². The zero-order valence-corrected chi connectivity index (χ0v) is 14.3. The van der Waals surface area contributed by atoms with Crippen molar-refractivity contribution in [1.29, 1.82) is 0 Å². The summed E-state index contributed by atoms with van der Waals surface area (Å²) in [7, 11) is 0. The molecule has 2 rings (SSSR count). The smallest absolute Gasteiger partial charge is 0.307 e. The summed E-state index contributed by atoms with van der Waals surface area (Å²) in [5.41, 5.74) is 0.621. The van der Waals surface area contributed by atoms with Crippen LogP contribution >= 0.6 is 0 Å². The predicted octanol–water partition coefficient (Wildman–Crippen LogP) is 1.68. The molecule has 1 aromatic heterocycles. The second-order valence-corrected chi connectivity index (χ2v) is 7.21. The van der Waals surface area contributed by atoms with Crippen LogP contribution in [0.4, 0.5) is 5.82 Å². The van der Waals surface area contributed by atoms with Crippen LogP contribution in [0.5, 0.6) is 0 Å². The van der Waals surface area contributed by atoms with Crippen LogP contribution in [-0.4, -0.2) is 51.3 Å². The summed E-state index contributed by atoms with van der Waals surface area (Å²) in [6.07, 6.45) is 1.49. The summed E-state index contributed by atoms with van der Waals surface area (Å²) < 4.78 is 1.80. The summed E-state index contributed by atoms with van der Waals surface area (Å²) >= 11 is 0. The molecular formula is C16H26N4O3. The van der Waals surface area contributed by atoms with Crippen molar-refractivity contribution in [2.24, 2.45) is 5.92 Å². The number of nitrogens with zero attached hydrogens (tertiary/aromatic N) is 3. The first kappa shape index (κ1) is 17.5. The molecule has 1 aliphatic rings. The number of nitrogens with one attached hydrogen (secondary N) is 1. The highest BCUT2D eigenvalue weighted by atomic mass is 16.4. The van der Waals surface area contributed by atoms with E-state index in [-0.39, 0.29) is 23.9 Å². The van der Waals surface area contributed by atoms with Crippen LogP contribution in [0.1, 0.15) is 39.3 Å². The molecule has 1 aliphatic heterocycles. The van der Waals surface area contributed by atoms with E-state index >= 15 is 0 Å². The number of hydrogen-bond donors (Lipinski definition) is 2. The normalized spacial score (nSPS) is 19.6. The number of hydrogen-bond acceptors (Lipinski definition) is 4. The number of carbonyl (C=O) groups excluding carboxylic acids is 1. The first-order chi connectivity index (χ1) is 10.7. The second kappa shape index (κ2) is 6.70. The number of piperidine rings is 1. The van der Waals surface area contributed by atoms with Crippen LogP contribution in [-0.2, 0) is 15.1 Å². The summed E-state index contributed by atoms with van der Waals surface area (Å²) in [4.78, 5) is 25.3. The monoisotopic (exact) mass is 322 g/mol. The lowest BCUT2D eigenvalue weighted by Gasteiger charge is -2.30. The van der Waals surface area contributed by atoms with E-state index in [1.54, 1.807) is 4.68 Å². The maximum absolute atomic E-state index is 12.3. The zero-order chi connectivity index (χ0) is 17.2. The summed E-state index contributed by atoms with van der Waals surface area (Å²) in [5, 5.41) is 16.4. The minimum absolute atomic E-state index is 0.138. The van der Waals surface area contributed by atoms with Crippen molar-refractivity contribution in [2.75, 3.05) is 25.0 Å². The SMILES string of the molecule is Cc1cc(NC(=O)CN2CCCC(C(=O)O)C2)n(C(C)(C)C)n1. The Morgan fingerprint density at radius 2 is 2.13 bits per heavy atom. The average Bonchev–Trinajstić information content (AvgIpc) is 2.79. The Bertz CT molecular complexity index is 589. The molecule has 128 valence electrons. The summed E-state index contributed by atoms with van der Waals surface area (Å²) in [6.45, 7) is 9.36. The molecule has 1 saturated heterocycles. The molecular weight excluding hydrogens is 296 g/mol. The number of carboxylic acids is 1. The Morgan fingerprint density at radius 1 is 1.43 bits per heavy atom. The maximum Gasteiger partial charge on any atom is 0.307 e. The van der Waals surface area contributed by atoms with Crippen LogP contribution in [0.15, 0.2) is 6.07 Å². The molecule has 1 amide bonds. The fraction of sp³-hybridized carbons (Fsp3) is 0.688. The zero-order valence-electron chi connectivity index (χ0n) is 14.3. The molecule has 2 heterocycles. The van der Waals surface area contributed by atoms with E-state index in [1.807, 2.05) is 38.7 Å². The molecule has 2 N–H and O–H groups in total. The molecule has 7 nitrogen and oxygen atoms in total. The molecule has 0 radical (unpaired) electrons. The van der Waals surface area contributed by atoms with Gasteiger partial charge < -0.3 is 10.4 Å². The van der Waals surface area contributed by atoms with E-state index in [9.17, 15) is 9.59 Å². The molecule has 0 bridgehead atoms. The lowest BCUT2D eigenvalue weighted by atomic mass is 9.98. The molecule has 23 heavy (non-hydrogen) atoms. The van der Waals surface area contributed by atoms with Crippen molar-refractivity contribution >= 4 is 17.7 Å². The van der Waals surface area contributed by atoms with E-state index in [4.69, 9.17) is 5.11 Å². The Kier molecular flexibility index (Phi) is 5.09. The number of aliphatic carboxylic acids is 1. The van der Waals surface area contributed by atoms with E-state index in [1.165, 1.54) is 0 Å². The van der Waals surface area contributed by atoms with Gasteiger partial charge >= 0.3 is 5.97 Å². The van der Waals surface area contributed by atoms with E-state index in [0.29, 0.717) is 18.8 Å². The molecule has 1 fully saturated rings. The van der Waals surface area contributed by atoms with Crippen molar-refractivity contribution in [2.45, 2.75) is 46.1 Å². The van der Waals surface area contributed by atoms with Gasteiger partial charge in [-0.1, -0.05) is 0 Å². The Hall–Kier alpha value is -1.89. The number of rotatable bonds is 4. The third-order valence-electron chi connectivity index (χ3n) is 3.96. The number of anilines is 1. The van der Waals surface area contributed by atoms with Gasteiger partial charge in [0.05, 0.1) is 23.7 Å². The number of amides is 1. The van der Waals surface area contributed by atoms with Crippen LogP contribution in [0.3, 0.4) is 0 Å². The number of likely N-dealkylation sites (tertiary alicyclic amines) is 1. The van der Waals surface area contributed by atoms with Gasteiger partial charge in [0, 0.05) is 12.6 Å². The average molecular weight is 322 g/mol. The quantitative estimate of drug-likeness (QED) is 0.880. The lowest BCUT2D eigenvalue weighted by molar-refractivity contribution is -0.144. The lowest BCUT2D eigenvalue weighted by Crippen LogP contribution is -2.42. The third kappa shape index (κ3) is 4.54. The fourth-order valence-electron chi connectivity index (χ4n) is 2.89. The van der Waals surface area contributed by atoms with Crippen LogP contribution in [0, 0.1) is 12.8 Å². The predicted molar refractivity (Wildman–Crippen MR) is 87.4 cm³/mol. The second-order valence-electron chi connectivity index (χ2n) is 7.21. The van der Waals surface area contributed by atoms with Crippen LogP contribution in [0.2, 0.25) is 0 Å². The van der Waals surface area contributed by atoms with Gasteiger partial charge in [-0.15, -0.1) is 0 Å². The maximum atomic E-state index is 12.3. The van der Waals surface area contributed by atoms with Gasteiger partial charge in [-0.2, -0.15) is 5.10 Å². The highest BCUT2D eigenvalue weighted by Crippen LogP contribution is 2.21. The van der Waals surface area contributed by atoms with E-state index < -0.39 is 5.97 Å². The molecule has 1 atom stereocenters. The molecule has 0 spiro atoms. The van der Waals surface area contributed by atoms with Gasteiger partial charge in [0.1, 0.15) is 5.82 Å². The Labute approximate surface area is 136 Å². The Morgan fingerprint density at radius 3 is 2.74 bits per heavy atom. The molecule has 0 aromatic carbocycles. The van der Waals surface area contributed by atoms with Crippen molar-refractivity contribution < 1.29 is 14.7 Å². The topological polar surface area (TPSA) is 87.5 Å². The molecule has 1 unspecified atom stereocenters. The van der Waals surface area contributed by atoms with Gasteiger partial charge in [-0.05, 0) is 47.1 Å². The standard InChI is InChI=1S/C16H26N4O3/c1-11-8-13(20(18-11)16(2,3)4)17-14(21)10-19-7-5-6-12(9-19)15(22)23/h8,12H,5-7,9-10H2,1-4H3,(H,17,21)(H,22,23). The van der Waals surface area contributed by atoms with Gasteiger partial charge in [0.15, 0.2) is 0 Å². The van der Waals surface area contributed by atoms with Crippen molar-refractivity contribution in [1.82, 2.24) is 14.7 Å². The molecule has 7 heteroatoms. The molecule has 0 aliphatic carbocycles. The van der Waals surface area contributed by atoms with Gasteiger partial charge in [-0.3, -0.25) is 14.5 Å². The third-order valence-corrected chi connectivity index (χ3v) is 3.96. The first-order valence-electron chi connectivity index (χ1n) is 7.99. The fourth-order valence-corrected chi connectivity index (χ4v) is 2.89. The van der Waals surface area contributed by atoms with Gasteiger partial charge in [0.25, 0.3) is 0 Å². The number of aromatic nitrogens is 2. The van der Waals surface area contributed by atoms with Crippen LogP contribution in [0.25, 0.3) is 0 Å². The number of carboxylic acid groups (broad SMARTS) is 1. The van der Waals surface area contributed by atoms with Crippen molar-refractivity contribution in [3.05, 3.63) is 11.8 Å². The summed E-state index contributed by atoms with van der Waals surface area (Å²) in [5.74, 6) is -0.622. The molecule has 0 saturated carbocycles. The largest absolute Gasteiger partial charge is 0.481 e. The minimum Gasteiger partial charge on any atom is -0.481 e. The Balaban J connectivity index is 1.99. The highest BCUT2D eigenvalue weighted by Gasteiger charge is 2.27. The van der Waals surface area contributed by atoms with Gasteiger partial charge in [-0.25, -0.2) is 4.68 Å².